The third kappa shape index (κ3) is 6.71. The zero-order chi connectivity index (χ0) is 20.0. The van der Waals surface area contributed by atoms with E-state index in [0.29, 0.717) is 18.3 Å². The van der Waals surface area contributed by atoms with Crippen molar-refractivity contribution in [2.24, 2.45) is 17.8 Å². The maximum atomic E-state index is 12.2. The fraction of sp³-hybridized carbons (Fsp3) is 0.727. The largest absolute Gasteiger partial charge is 0.573 e. The van der Waals surface area contributed by atoms with Gasteiger partial charge in [0, 0.05) is 8.80 Å². The Labute approximate surface area is 168 Å². The molecule has 1 heterocycles. The van der Waals surface area contributed by atoms with Crippen LogP contribution in [0.1, 0.15) is 51.9 Å². The Bertz CT molecular complexity index is 574. The molecule has 0 unspecified atom stereocenters. The van der Waals surface area contributed by atoms with Crippen molar-refractivity contribution in [3.63, 3.8) is 0 Å². The molecule has 1 aromatic carbocycles. The monoisotopic (exact) mass is 414 g/mol. The molecule has 0 atom stereocenters. The fourth-order valence-electron chi connectivity index (χ4n) is 5.13. The summed E-state index contributed by atoms with van der Waals surface area (Å²) in [5.41, 5.74) is 0. The van der Waals surface area contributed by atoms with Crippen molar-refractivity contribution in [3.05, 3.63) is 24.3 Å². The topological polar surface area (TPSA) is 18.5 Å². The second-order valence-corrected chi connectivity index (χ2v) is 12.1. The lowest BCUT2D eigenvalue weighted by Gasteiger charge is -2.37. The van der Waals surface area contributed by atoms with Gasteiger partial charge in [-0.2, -0.15) is 0 Å². The molecular weight excluding hydrogens is 381 g/mol. The molecule has 1 aliphatic heterocycles. The molecular formula is C22H33F3O2Si. The average Bonchev–Trinajstić information content (AvgIpc) is 2.68. The summed E-state index contributed by atoms with van der Waals surface area (Å²) in [5, 5.41) is 0. The quantitative estimate of drug-likeness (QED) is 0.456. The van der Waals surface area contributed by atoms with Gasteiger partial charge in [0.15, 0.2) is 0 Å². The zero-order valence-corrected chi connectivity index (χ0v) is 18.0. The molecule has 0 amide bonds. The van der Waals surface area contributed by atoms with Crippen LogP contribution in [0, 0.1) is 17.8 Å². The van der Waals surface area contributed by atoms with Crippen LogP contribution in [0.2, 0.25) is 18.1 Å². The molecule has 0 radical (unpaired) electrons. The number of rotatable bonds is 7. The van der Waals surface area contributed by atoms with Crippen LogP contribution in [0.4, 0.5) is 13.2 Å². The molecule has 28 heavy (non-hydrogen) atoms. The van der Waals surface area contributed by atoms with Crippen molar-refractivity contribution in [1.82, 2.24) is 0 Å². The SMILES string of the molecule is CCC[SiH]1CCC([C@H]2CC[C@H](COc3ccc(OC(F)(F)F)cc3)CC2)CC1. The van der Waals surface area contributed by atoms with Crippen molar-refractivity contribution >= 4 is 8.80 Å². The van der Waals surface area contributed by atoms with Crippen molar-refractivity contribution in [3.8, 4) is 11.5 Å². The van der Waals surface area contributed by atoms with Gasteiger partial charge in [0.25, 0.3) is 0 Å². The normalized spacial score (nSPS) is 28.7. The molecule has 2 fully saturated rings. The zero-order valence-electron chi connectivity index (χ0n) is 16.8. The van der Waals surface area contributed by atoms with Gasteiger partial charge in [-0.05, 0) is 67.7 Å². The number of hydrogen-bond donors (Lipinski definition) is 0. The van der Waals surface area contributed by atoms with Gasteiger partial charge in [-0.15, -0.1) is 13.2 Å². The van der Waals surface area contributed by atoms with E-state index in [4.69, 9.17) is 4.74 Å². The van der Waals surface area contributed by atoms with E-state index < -0.39 is 6.36 Å². The van der Waals surface area contributed by atoms with Gasteiger partial charge < -0.3 is 9.47 Å². The molecule has 1 aliphatic carbocycles. The van der Waals surface area contributed by atoms with Gasteiger partial charge >= 0.3 is 6.36 Å². The second-order valence-electron chi connectivity index (χ2n) is 8.68. The fourth-order valence-corrected chi connectivity index (χ4v) is 8.62. The molecule has 1 saturated heterocycles. The first-order chi connectivity index (χ1) is 13.4. The summed E-state index contributed by atoms with van der Waals surface area (Å²) >= 11 is 0. The van der Waals surface area contributed by atoms with E-state index in [2.05, 4.69) is 11.7 Å². The highest BCUT2D eigenvalue weighted by atomic mass is 28.3. The summed E-state index contributed by atoms with van der Waals surface area (Å²) in [4.78, 5) is 0. The standard InChI is InChI=1S/C22H33F3O2Si/c1-2-13-28-14-11-19(12-15-28)18-5-3-17(4-6-18)16-26-20-7-9-21(10-8-20)27-22(23,24)25/h7-10,17-19,28H,2-6,11-16H2,1H3/t17-,18-,19?,28?. The highest BCUT2D eigenvalue weighted by Gasteiger charge is 2.32. The molecule has 158 valence electrons. The first kappa shape index (κ1) is 21.5. The Kier molecular flexibility index (Phi) is 7.72. The lowest BCUT2D eigenvalue weighted by molar-refractivity contribution is -0.274. The molecule has 0 spiro atoms. The van der Waals surface area contributed by atoms with Gasteiger partial charge in [-0.1, -0.05) is 44.3 Å². The van der Waals surface area contributed by atoms with Gasteiger partial charge in [0.1, 0.15) is 11.5 Å². The molecule has 1 aromatic rings. The van der Waals surface area contributed by atoms with Crippen LogP contribution in [0.25, 0.3) is 0 Å². The molecule has 2 aliphatic rings. The molecule has 0 N–H and O–H groups in total. The van der Waals surface area contributed by atoms with E-state index >= 15 is 0 Å². The lowest BCUT2D eigenvalue weighted by atomic mass is 9.74. The molecule has 3 rings (SSSR count). The van der Waals surface area contributed by atoms with E-state index in [0.717, 1.165) is 11.8 Å². The highest BCUT2D eigenvalue weighted by Crippen LogP contribution is 2.41. The predicted molar refractivity (Wildman–Crippen MR) is 109 cm³/mol. The number of alkyl halides is 3. The van der Waals surface area contributed by atoms with Gasteiger partial charge in [0.05, 0.1) is 6.61 Å². The molecule has 0 bridgehead atoms. The number of hydrogen-bond acceptors (Lipinski definition) is 2. The summed E-state index contributed by atoms with van der Waals surface area (Å²) < 4.78 is 46.3. The minimum absolute atomic E-state index is 0.211. The smallest absolute Gasteiger partial charge is 0.493 e. The van der Waals surface area contributed by atoms with E-state index in [1.807, 2.05) is 0 Å². The Morgan fingerprint density at radius 2 is 1.46 bits per heavy atom. The molecule has 6 heteroatoms. The summed E-state index contributed by atoms with van der Waals surface area (Å²) in [5.74, 6) is 2.83. The minimum atomic E-state index is -4.65. The van der Waals surface area contributed by atoms with E-state index in [1.165, 1.54) is 57.1 Å². The molecule has 1 saturated carbocycles. The highest BCUT2D eigenvalue weighted by molar-refractivity contribution is 6.58. The Morgan fingerprint density at radius 3 is 2.04 bits per heavy atom. The maximum Gasteiger partial charge on any atom is 0.573 e. The Hall–Kier alpha value is -1.17. The first-order valence-corrected chi connectivity index (χ1v) is 13.4. The average molecular weight is 415 g/mol. The van der Waals surface area contributed by atoms with Crippen LogP contribution in [-0.4, -0.2) is 21.8 Å². The van der Waals surface area contributed by atoms with Crippen molar-refractivity contribution in [2.75, 3.05) is 6.61 Å². The minimum Gasteiger partial charge on any atom is -0.493 e. The number of halogens is 3. The first-order valence-electron chi connectivity index (χ1n) is 10.9. The van der Waals surface area contributed by atoms with E-state index in [1.54, 1.807) is 30.3 Å². The summed E-state index contributed by atoms with van der Waals surface area (Å²) in [6.07, 6.45) is 4.75. The van der Waals surface area contributed by atoms with Gasteiger partial charge in [0.2, 0.25) is 0 Å². The van der Waals surface area contributed by atoms with Crippen LogP contribution in [0.3, 0.4) is 0 Å². The van der Waals surface area contributed by atoms with Crippen LogP contribution in [0.15, 0.2) is 24.3 Å². The number of ether oxygens (including phenoxy) is 2. The summed E-state index contributed by atoms with van der Waals surface area (Å²) in [7, 11) is -0.385. The molecule has 2 nitrogen and oxygen atoms in total. The van der Waals surface area contributed by atoms with E-state index in [9.17, 15) is 13.2 Å². The Balaban J connectivity index is 1.36. The third-order valence-corrected chi connectivity index (χ3v) is 10.4. The Morgan fingerprint density at radius 1 is 0.893 bits per heavy atom. The van der Waals surface area contributed by atoms with Crippen LogP contribution >= 0.6 is 0 Å². The predicted octanol–water partition coefficient (Wildman–Crippen LogP) is 6.82. The van der Waals surface area contributed by atoms with Crippen LogP contribution in [-0.2, 0) is 0 Å². The van der Waals surface area contributed by atoms with Gasteiger partial charge in [-0.25, -0.2) is 0 Å². The summed E-state index contributed by atoms with van der Waals surface area (Å²) in [6.45, 7) is 2.98. The van der Waals surface area contributed by atoms with Crippen LogP contribution < -0.4 is 9.47 Å². The van der Waals surface area contributed by atoms with Crippen molar-refractivity contribution < 1.29 is 22.6 Å². The maximum absolute atomic E-state index is 12.2. The molecule has 0 aromatic heterocycles. The van der Waals surface area contributed by atoms with Crippen molar-refractivity contribution in [2.45, 2.75) is 76.4 Å². The van der Waals surface area contributed by atoms with E-state index in [-0.39, 0.29) is 14.5 Å². The number of benzene rings is 1. The third-order valence-electron chi connectivity index (χ3n) is 6.69. The van der Waals surface area contributed by atoms with Crippen molar-refractivity contribution in [1.29, 1.82) is 0 Å². The lowest BCUT2D eigenvalue weighted by Crippen LogP contribution is -2.29. The van der Waals surface area contributed by atoms with Gasteiger partial charge in [-0.3, -0.25) is 0 Å². The summed E-state index contributed by atoms with van der Waals surface area (Å²) in [6, 6.07) is 10.4. The second kappa shape index (κ2) is 10.0. The van der Waals surface area contributed by atoms with Crippen LogP contribution in [0.5, 0.6) is 11.5 Å².